The molecule has 0 aliphatic carbocycles. The first-order chi connectivity index (χ1) is 19.2. The average molecular weight is 561 g/mol. The zero-order chi connectivity index (χ0) is 28.7. The Morgan fingerprint density at radius 3 is 2.25 bits per heavy atom. The number of rotatable bonds is 9. The topological polar surface area (TPSA) is 155 Å². The van der Waals surface area contributed by atoms with E-state index < -0.39 is 40.8 Å². The Morgan fingerprint density at radius 2 is 1.68 bits per heavy atom. The first-order valence-corrected chi connectivity index (χ1v) is 13.3. The van der Waals surface area contributed by atoms with Crippen molar-refractivity contribution in [2.24, 2.45) is 11.5 Å². The molecule has 1 aliphatic rings. The molecule has 0 saturated carbocycles. The summed E-state index contributed by atoms with van der Waals surface area (Å²) in [6, 6.07) is 20.3. The van der Waals surface area contributed by atoms with Gasteiger partial charge >= 0.3 is 12.1 Å². The molecule has 1 aliphatic heterocycles. The van der Waals surface area contributed by atoms with Crippen LogP contribution in [0.2, 0.25) is 0 Å². The number of nitrogens with two attached hydrogens (primary N) is 2. The van der Waals surface area contributed by atoms with Crippen molar-refractivity contribution in [1.29, 1.82) is 0 Å². The molecule has 0 unspecified atom stereocenters. The maximum absolute atomic E-state index is 13.9. The Morgan fingerprint density at radius 1 is 1.05 bits per heavy atom. The van der Waals surface area contributed by atoms with Gasteiger partial charge in [-0.2, -0.15) is 0 Å². The number of thioether (sulfide) groups is 1. The zero-order valence-electron chi connectivity index (χ0n) is 21.6. The smallest absolute Gasteiger partial charge is 0.404 e. The van der Waals surface area contributed by atoms with E-state index in [4.69, 9.17) is 20.9 Å². The molecule has 206 valence electrons. The van der Waals surface area contributed by atoms with E-state index >= 15 is 0 Å². The van der Waals surface area contributed by atoms with Crippen LogP contribution in [0.15, 0.2) is 85.1 Å². The standard InChI is InChI=1S/C29H28N4O6S/c1-29(17-38-28(31)37)25(27(36)39-24(19-8-4-2-5-9-19)20-10-6-3-7-11-20)33(18-40-29)23(34)13-12-22-16-21(26(30)35)14-15-32-22/h2-16,24-25H,17-18H2,1H3,(H2,30,35)(H2,31,37)/b13-12+/t25-,29-/m0/s1. The normalized spacial score (nSPS) is 18.6. The van der Waals surface area contributed by atoms with Gasteiger partial charge in [0.05, 0.1) is 16.3 Å². The second-order valence-corrected chi connectivity index (χ2v) is 10.7. The van der Waals surface area contributed by atoms with Gasteiger partial charge in [-0.3, -0.25) is 14.6 Å². The molecule has 2 heterocycles. The maximum atomic E-state index is 13.9. The van der Waals surface area contributed by atoms with Crippen LogP contribution < -0.4 is 11.5 Å². The van der Waals surface area contributed by atoms with Gasteiger partial charge in [0, 0.05) is 17.8 Å². The molecule has 3 amide bonds. The lowest BCUT2D eigenvalue weighted by Gasteiger charge is -2.32. The SMILES string of the molecule is C[C@@]1(COC(N)=O)SCN(C(=O)/C=C/c2cc(C(N)=O)ccn2)[C@H]1C(=O)OC(c1ccccc1)c1ccccc1. The number of aromatic nitrogens is 1. The highest BCUT2D eigenvalue weighted by Crippen LogP contribution is 2.42. The highest BCUT2D eigenvalue weighted by molar-refractivity contribution is 8.01. The van der Waals surface area contributed by atoms with Crippen LogP contribution in [0.5, 0.6) is 0 Å². The van der Waals surface area contributed by atoms with Crippen molar-refractivity contribution < 1.29 is 28.7 Å². The summed E-state index contributed by atoms with van der Waals surface area (Å²) in [5.74, 6) is -1.68. The zero-order valence-corrected chi connectivity index (χ0v) is 22.5. The van der Waals surface area contributed by atoms with Gasteiger partial charge in [0.25, 0.3) is 0 Å². The van der Waals surface area contributed by atoms with Crippen molar-refractivity contribution in [3.05, 3.63) is 107 Å². The largest absolute Gasteiger partial charge is 0.451 e. The molecule has 2 atom stereocenters. The molecule has 0 radical (unpaired) electrons. The van der Waals surface area contributed by atoms with Crippen molar-refractivity contribution >= 4 is 41.7 Å². The molecule has 1 aromatic heterocycles. The van der Waals surface area contributed by atoms with Crippen molar-refractivity contribution in [3.63, 3.8) is 0 Å². The predicted octanol–water partition coefficient (Wildman–Crippen LogP) is 3.28. The molecule has 0 bridgehead atoms. The lowest BCUT2D eigenvalue weighted by atomic mass is 9.98. The first kappa shape index (κ1) is 28.4. The van der Waals surface area contributed by atoms with Crippen LogP contribution in [-0.4, -0.2) is 57.0 Å². The van der Waals surface area contributed by atoms with Gasteiger partial charge in [0.1, 0.15) is 12.6 Å². The fourth-order valence-corrected chi connectivity index (χ4v) is 5.55. The summed E-state index contributed by atoms with van der Waals surface area (Å²) in [4.78, 5) is 55.6. The van der Waals surface area contributed by atoms with Gasteiger partial charge in [-0.15, -0.1) is 11.8 Å². The molecule has 40 heavy (non-hydrogen) atoms. The number of primary amides is 2. The van der Waals surface area contributed by atoms with E-state index in [0.717, 1.165) is 11.1 Å². The van der Waals surface area contributed by atoms with Gasteiger partial charge < -0.3 is 25.8 Å². The summed E-state index contributed by atoms with van der Waals surface area (Å²) >= 11 is 1.27. The van der Waals surface area contributed by atoms with Gasteiger partial charge in [-0.25, -0.2) is 9.59 Å². The summed E-state index contributed by atoms with van der Waals surface area (Å²) in [5.41, 5.74) is 12.6. The number of carbonyl (C=O) groups is 4. The highest BCUT2D eigenvalue weighted by Gasteiger charge is 2.52. The number of benzene rings is 2. The molecule has 11 heteroatoms. The highest BCUT2D eigenvalue weighted by atomic mass is 32.2. The number of pyridine rings is 1. The van der Waals surface area contributed by atoms with Crippen molar-refractivity contribution in [3.8, 4) is 0 Å². The lowest BCUT2D eigenvalue weighted by Crippen LogP contribution is -2.52. The molecular formula is C29H28N4O6S. The Kier molecular flexibility index (Phi) is 8.85. The van der Waals surface area contributed by atoms with Crippen LogP contribution in [0.3, 0.4) is 0 Å². The van der Waals surface area contributed by atoms with Gasteiger partial charge in [-0.05, 0) is 36.3 Å². The molecule has 3 aromatic rings. The van der Waals surface area contributed by atoms with E-state index in [1.165, 1.54) is 47.1 Å². The summed E-state index contributed by atoms with van der Waals surface area (Å²) in [6.07, 6.45) is 2.34. The Bertz CT molecular complexity index is 1380. The van der Waals surface area contributed by atoms with E-state index in [0.29, 0.717) is 5.69 Å². The minimum Gasteiger partial charge on any atom is -0.451 e. The number of amides is 3. The first-order valence-electron chi connectivity index (χ1n) is 12.3. The third-order valence-electron chi connectivity index (χ3n) is 6.33. The van der Waals surface area contributed by atoms with Gasteiger partial charge in [-0.1, -0.05) is 60.7 Å². The summed E-state index contributed by atoms with van der Waals surface area (Å²) in [7, 11) is 0. The van der Waals surface area contributed by atoms with Crippen LogP contribution >= 0.6 is 11.8 Å². The molecule has 0 spiro atoms. The number of hydrogen-bond donors (Lipinski definition) is 2. The fourth-order valence-electron chi connectivity index (χ4n) is 4.31. The predicted molar refractivity (Wildman–Crippen MR) is 150 cm³/mol. The number of carbonyl (C=O) groups excluding carboxylic acids is 4. The Balaban J connectivity index is 1.64. The molecule has 1 fully saturated rings. The monoisotopic (exact) mass is 560 g/mol. The molecule has 2 aromatic carbocycles. The lowest BCUT2D eigenvalue weighted by molar-refractivity contribution is -0.157. The van der Waals surface area contributed by atoms with Crippen LogP contribution in [0, 0.1) is 0 Å². The van der Waals surface area contributed by atoms with Crippen LogP contribution in [0.1, 0.15) is 40.2 Å². The molecule has 1 saturated heterocycles. The quantitative estimate of drug-likeness (QED) is 0.298. The Hall–Kier alpha value is -4.64. The maximum Gasteiger partial charge on any atom is 0.404 e. The van der Waals surface area contributed by atoms with E-state index in [1.807, 2.05) is 60.7 Å². The van der Waals surface area contributed by atoms with Crippen LogP contribution in [0.4, 0.5) is 4.79 Å². The number of esters is 1. The van der Waals surface area contributed by atoms with E-state index in [9.17, 15) is 19.2 Å². The number of hydrogen-bond acceptors (Lipinski definition) is 8. The molecule has 4 N–H and O–H groups in total. The third-order valence-corrected chi connectivity index (χ3v) is 7.74. The summed E-state index contributed by atoms with van der Waals surface area (Å²) in [5, 5.41) is 0. The third kappa shape index (κ3) is 6.67. The second kappa shape index (κ2) is 12.5. The van der Waals surface area contributed by atoms with Crippen LogP contribution in [0.25, 0.3) is 6.08 Å². The second-order valence-electron chi connectivity index (χ2n) is 9.21. The molecule has 10 nitrogen and oxygen atoms in total. The van der Waals surface area contributed by atoms with E-state index in [-0.39, 0.29) is 18.0 Å². The molecule has 4 rings (SSSR count). The molecular weight excluding hydrogens is 532 g/mol. The minimum absolute atomic E-state index is 0.123. The minimum atomic E-state index is -1.12. The van der Waals surface area contributed by atoms with Crippen molar-refractivity contribution in [1.82, 2.24) is 9.88 Å². The van der Waals surface area contributed by atoms with E-state index in [1.54, 1.807) is 6.92 Å². The summed E-state index contributed by atoms with van der Waals surface area (Å²) < 4.78 is 10.1. The van der Waals surface area contributed by atoms with Gasteiger partial charge in [0.2, 0.25) is 11.8 Å². The van der Waals surface area contributed by atoms with Crippen molar-refractivity contribution in [2.45, 2.75) is 23.8 Å². The van der Waals surface area contributed by atoms with Crippen molar-refractivity contribution in [2.75, 3.05) is 12.5 Å². The van der Waals surface area contributed by atoms with Gasteiger partial charge in [0.15, 0.2) is 6.10 Å². The van der Waals surface area contributed by atoms with E-state index in [2.05, 4.69) is 4.98 Å². The summed E-state index contributed by atoms with van der Waals surface area (Å²) in [6.45, 7) is 1.49. The Labute approximate surface area is 235 Å². The number of nitrogens with zero attached hydrogens (tertiary/aromatic N) is 2. The fraction of sp³-hybridized carbons (Fsp3) is 0.207. The number of ether oxygens (including phenoxy) is 2. The van der Waals surface area contributed by atoms with Crippen LogP contribution in [-0.2, 0) is 19.1 Å². The average Bonchev–Trinajstić information content (AvgIpc) is 3.32.